The van der Waals surface area contributed by atoms with Gasteiger partial charge in [-0.25, -0.2) is 9.88 Å². The van der Waals surface area contributed by atoms with Crippen molar-refractivity contribution in [2.45, 2.75) is 43.4 Å². The number of nitriles is 1. The van der Waals surface area contributed by atoms with Crippen LogP contribution in [0, 0.1) is 11.3 Å². The van der Waals surface area contributed by atoms with Crippen molar-refractivity contribution in [1.82, 2.24) is 4.98 Å². The summed E-state index contributed by atoms with van der Waals surface area (Å²) in [6.45, 7) is 6.46. The number of carbonyl (C=O) groups excluding carboxylic acids is 2. The van der Waals surface area contributed by atoms with E-state index >= 15 is 0 Å². The minimum Gasteiger partial charge on any atom is -0.494 e. The molecule has 2 amide bonds. The summed E-state index contributed by atoms with van der Waals surface area (Å²) in [5.74, 6) is 0.336. The maximum Gasteiger partial charge on any atom is 0.247 e. The summed E-state index contributed by atoms with van der Waals surface area (Å²) in [5, 5.41) is 9.26. The molecule has 0 saturated carbocycles. The van der Waals surface area contributed by atoms with Gasteiger partial charge in [0.1, 0.15) is 16.8 Å². The Balaban J connectivity index is 1.82. The topological polar surface area (TPSA) is 83.3 Å². The van der Waals surface area contributed by atoms with Crippen molar-refractivity contribution >= 4 is 29.3 Å². The Labute approximate surface area is 168 Å². The van der Waals surface area contributed by atoms with E-state index in [0.29, 0.717) is 28.6 Å². The molecule has 1 saturated heterocycles. The van der Waals surface area contributed by atoms with Crippen LogP contribution in [0.3, 0.4) is 0 Å². The molecule has 0 spiro atoms. The van der Waals surface area contributed by atoms with Gasteiger partial charge in [-0.2, -0.15) is 5.26 Å². The molecule has 6 nitrogen and oxygen atoms in total. The quantitative estimate of drug-likeness (QED) is 0.690. The van der Waals surface area contributed by atoms with Gasteiger partial charge in [-0.1, -0.05) is 25.6 Å². The van der Waals surface area contributed by atoms with Crippen LogP contribution < -0.4 is 9.64 Å². The van der Waals surface area contributed by atoms with E-state index in [1.54, 1.807) is 30.3 Å². The predicted molar refractivity (Wildman–Crippen MR) is 107 cm³/mol. The number of pyridine rings is 1. The van der Waals surface area contributed by atoms with E-state index in [4.69, 9.17) is 4.74 Å². The lowest BCUT2D eigenvalue weighted by atomic mass is 10.1. The first-order chi connectivity index (χ1) is 13.4. The van der Waals surface area contributed by atoms with Crippen LogP contribution in [0.5, 0.6) is 5.75 Å². The largest absolute Gasteiger partial charge is 0.494 e. The van der Waals surface area contributed by atoms with Crippen LogP contribution in [0.2, 0.25) is 0 Å². The number of hydrogen-bond acceptors (Lipinski definition) is 6. The SMILES string of the molecule is CCOc1ccc(N2C(=O)CC(Sc3nc(C(C)C)ccc3C#N)C2=O)cc1. The van der Waals surface area contributed by atoms with Crippen molar-refractivity contribution in [3.63, 3.8) is 0 Å². The van der Waals surface area contributed by atoms with Gasteiger partial charge in [0.25, 0.3) is 0 Å². The fourth-order valence-electron chi connectivity index (χ4n) is 2.91. The molecule has 2 heterocycles. The average molecular weight is 395 g/mol. The second-order valence-corrected chi connectivity index (χ2v) is 7.85. The van der Waals surface area contributed by atoms with E-state index < -0.39 is 5.25 Å². The number of rotatable bonds is 6. The standard InChI is InChI=1S/C21H21N3O3S/c1-4-27-16-8-6-15(7-9-16)24-19(25)11-18(21(24)26)28-20-14(12-22)5-10-17(23-20)13(2)3/h5-10,13,18H,4,11H2,1-3H3. The van der Waals surface area contributed by atoms with E-state index in [1.165, 1.54) is 16.7 Å². The van der Waals surface area contributed by atoms with Gasteiger partial charge >= 0.3 is 0 Å². The number of imide groups is 1. The van der Waals surface area contributed by atoms with E-state index in [2.05, 4.69) is 11.1 Å². The highest BCUT2D eigenvalue weighted by atomic mass is 32.2. The summed E-state index contributed by atoms with van der Waals surface area (Å²) in [5.41, 5.74) is 1.78. The molecule has 1 aromatic carbocycles. The summed E-state index contributed by atoms with van der Waals surface area (Å²) in [7, 11) is 0. The molecule has 1 aliphatic heterocycles. The van der Waals surface area contributed by atoms with E-state index in [0.717, 1.165) is 5.69 Å². The number of ether oxygens (including phenoxy) is 1. The summed E-state index contributed by atoms with van der Waals surface area (Å²) >= 11 is 1.19. The van der Waals surface area contributed by atoms with Crippen molar-refractivity contribution in [1.29, 1.82) is 5.26 Å². The summed E-state index contributed by atoms with van der Waals surface area (Å²) < 4.78 is 5.40. The zero-order chi connectivity index (χ0) is 20.3. The molecular weight excluding hydrogens is 374 g/mol. The summed E-state index contributed by atoms with van der Waals surface area (Å²) in [4.78, 5) is 31.1. The van der Waals surface area contributed by atoms with Crippen molar-refractivity contribution < 1.29 is 14.3 Å². The van der Waals surface area contributed by atoms with Crippen LogP contribution in [0.15, 0.2) is 41.4 Å². The highest BCUT2D eigenvalue weighted by Crippen LogP contribution is 2.35. The Hall–Kier alpha value is -2.85. The Morgan fingerprint density at radius 1 is 1.25 bits per heavy atom. The number of benzene rings is 1. The highest BCUT2D eigenvalue weighted by Gasteiger charge is 2.40. The maximum atomic E-state index is 12.9. The second-order valence-electron chi connectivity index (χ2n) is 6.66. The molecule has 0 radical (unpaired) electrons. The number of anilines is 1. The first kappa shape index (κ1) is 19.9. The predicted octanol–water partition coefficient (Wildman–Crippen LogP) is 3.90. The van der Waals surface area contributed by atoms with Crippen LogP contribution in [-0.4, -0.2) is 28.7 Å². The molecule has 0 N–H and O–H groups in total. The summed E-state index contributed by atoms with van der Waals surface area (Å²) in [6.07, 6.45) is 0.0785. The van der Waals surface area contributed by atoms with Crippen molar-refractivity contribution in [3.8, 4) is 11.8 Å². The van der Waals surface area contributed by atoms with E-state index in [-0.39, 0.29) is 24.2 Å². The molecular formula is C21H21N3O3S. The van der Waals surface area contributed by atoms with Gasteiger partial charge in [0.2, 0.25) is 11.8 Å². The van der Waals surface area contributed by atoms with Crippen molar-refractivity contribution in [2.24, 2.45) is 0 Å². The average Bonchev–Trinajstić information content (AvgIpc) is 2.96. The number of thioether (sulfide) groups is 1. The molecule has 144 valence electrons. The molecule has 0 aliphatic carbocycles. The summed E-state index contributed by atoms with van der Waals surface area (Å²) in [6, 6.07) is 12.5. The number of aromatic nitrogens is 1. The lowest BCUT2D eigenvalue weighted by Crippen LogP contribution is -2.31. The van der Waals surface area contributed by atoms with Crippen molar-refractivity contribution in [3.05, 3.63) is 47.7 Å². The van der Waals surface area contributed by atoms with Gasteiger partial charge in [-0.15, -0.1) is 0 Å². The van der Waals surface area contributed by atoms with E-state index in [1.807, 2.05) is 26.8 Å². The normalized spacial score (nSPS) is 16.5. The molecule has 2 aromatic rings. The zero-order valence-electron chi connectivity index (χ0n) is 16.0. The minimum atomic E-state index is -0.596. The molecule has 1 fully saturated rings. The third-order valence-electron chi connectivity index (χ3n) is 4.36. The second kappa shape index (κ2) is 8.44. The first-order valence-corrected chi connectivity index (χ1v) is 10.00. The fourth-order valence-corrected chi connectivity index (χ4v) is 4.01. The molecule has 1 unspecified atom stereocenters. The van der Waals surface area contributed by atoms with Crippen LogP contribution in [0.25, 0.3) is 0 Å². The monoisotopic (exact) mass is 395 g/mol. The Bertz CT molecular complexity index is 935. The van der Waals surface area contributed by atoms with Gasteiger partial charge < -0.3 is 4.74 Å². The van der Waals surface area contributed by atoms with Crippen molar-refractivity contribution in [2.75, 3.05) is 11.5 Å². The van der Waals surface area contributed by atoms with Gasteiger partial charge in [-0.05, 0) is 49.2 Å². The molecule has 7 heteroatoms. The first-order valence-electron chi connectivity index (χ1n) is 9.12. The molecule has 1 aliphatic rings. The number of nitrogens with zero attached hydrogens (tertiary/aromatic N) is 3. The van der Waals surface area contributed by atoms with Crippen LogP contribution in [0.4, 0.5) is 5.69 Å². The molecule has 1 atom stereocenters. The lowest BCUT2D eigenvalue weighted by Gasteiger charge is -2.16. The van der Waals surface area contributed by atoms with E-state index in [9.17, 15) is 14.9 Å². The van der Waals surface area contributed by atoms with Crippen LogP contribution in [0.1, 0.15) is 44.4 Å². The molecule has 3 rings (SSSR count). The number of amides is 2. The number of hydrogen-bond donors (Lipinski definition) is 0. The van der Waals surface area contributed by atoms with Gasteiger partial charge in [0.15, 0.2) is 0 Å². The molecule has 28 heavy (non-hydrogen) atoms. The van der Waals surface area contributed by atoms with Gasteiger partial charge in [0.05, 0.1) is 23.1 Å². The number of carbonyl (C=O) groups is 2. The molecule has 0 bridgehead atoms. The third kappa shape index (κ3) is 4.02. The zero-order valence-corrected chi connectivity index (χ0v) is 16.8. The smallest absolute Gasteiger partial charge is 0.247 e. The highest BCUT2D eigenvalue weighted by molar-refractivity contribution is 8.00. The Kier molecular flexibility index (Phi) is 6.00. The third-order valence-corrected chi connectivity index (χ3v) is 5.55. The van der Waals surface area contributed by atoms with Crippen LogP contribution in [-0.2, 0) is 9.59 Å². The molecule has 1 aromatic heterocycles. The lowest BCUT2D eigenvalue weighted by molar-refractivity contribution is -0.121. The Morgan fingerprint density at radius 3 is 2.57 bits per heavy atom. The van der Waals surface area contributed by atoms with Gasteiger partial charge in [0, 0.05) is 12.1 Å². The van der Waals surface area contributed by atoms with Crippen LogP contribution >= 0.6 is 11.8 Å². The minimum absolute atomic E-state index is 0.0785. The van der Waals surface area contributed by atoms with Gasteiger partial charge in [-0.3, -0.25) is 9.59 Å². The maximum absolute atomic E-state index is 12.9. The Morgan fingerprint density at radius 2 is 1.96 bits per heavy atom. The fraction of sp³-hybridized carbons (Fsp3) is 0.333.